The molecule has 9 nitrogen and oxygen atoms in total. The highest BCUT2D eigenvalue weighted by molar-refractivity contribution is 9.10. The average Bonchev–Trinajstić information content (AvgIpc) is 3.36. The van der Waals surface area contributed by atoms with Crippen LogP contribution in [0.5, 0.6) is 11.5 Å². The Bertz CT molecular complexity index is 1250. The Labute approximate surface area is 216 Å². The van der Waals surface area contributed by atoms with Crippen LogP contribution in [0.4, 0.5) is 4.79 Å². The summed E-state index contributed by atoms with van der Waals surface area (Å²) in [6, 6.07) is 8.85. The Hall–Kier alpha value is -3.66. The maximum Gasteiger partial charge on any atom is 0.335 e. The molecule has 1 saturated heterocycles. The predicted molar refractivity (Wildman–Crippen MR) is 134 cm³/mol. The van der Waals surface area contributed by atoms with Crippen molar-refractivity contribution in [2.45, 2.75) is 45.3 Å². The van der Waals surface area contributed by atoms with Gasteiger partial charge in [0, 0.05) is 6.04 Å². The van der Waals surface area contributed by atoms with E-state index in [-0.39, 0.29) is 23.8 Å². The van der Waals surface area contributed by atoms with E-state index in [2.05, 4.69) is 21.2 Å². The van der Waals surface area contributed by atoms with Crippen LogP contribution in [0.2, 0.25) is 0 Å². The number of carboxylic acid groups (broad SMARTS) is 1. The first kappa shape index (κ1) is 25.4. The monoisotopic (exact) mass is 556 g/mol. The number of aromatic carboxylic acids is 1. The fraction of sp³-hybridized carbons (Fsp3) is 0.308. The molecule has 4 amide bonds. The molecule has 0 bridgehead atoms. The third kappa shape index (κ3) is 5.43. The number of carbonyl (C=O) groups excluding carboxylic acids is 3. The molecular weight excluding hydrogens is 532 g/mol. The zero-order chi connectivity index (χ0) is 25.8. The third-order valence-corrected chi connectivity index (χ3v) is 6.61. The van der Waals surface area contributed by atoms with Gasteiger partial charge in [0.1, 0.15) is 12.2 Å². The molecule has 36 heavy (non-hydrogen) atoms. The van der Waals surface area contributed by atoms with E-state index in [0.717, 1.165) is 30.6 Å². The molecule has 2 aromatic rings. The maximum atomic E-state index is 13.1. The summed E-state index contributed by atoms with van der Waals surface area (Å²) in [5.41, 5.74) is 1.19. The van der Waals surface area contributed by atoms with Crippen LogP contribution in [-0.4, -0.2) is 46.5 Å². The lowest BCUT2D eigenvalue weighted by Gasteiger charge is -2.31. The van der Waals surface area contributed by atoms with Crippen LogP contribution < -0.4 is 14.8 Å². The van der Waals surface area contributed by atoms with Crippen molar-refractivity contribution in [1.82, 2.24) is 10.2 Å². The van der Waals surface area contributed by atoms with Gasteiger partial charge >= 0.3 is 12.0 Å². The van der Waals surface area contributed by atoms with Crippen molar-refractivity contribution in [3.63, 3.8) is 0 Å². The smallest absolute Gasteiger partial charge is 0.335 e. The molecule has 0 aromatic heterocycles. The molecule has 1 heterocycles. The molecule has 2 aromatic carbocycles. The summed E-state index contributed by atoms with van der Waals surface area (Å²) in [6.07, 6.45) is 4.74. The molecular formula is C26H25BrN2O7. The number of rotatable bonds is 8. The second-order valence-corrected chi connectivity index (χ2v) is 9.34. The van der Waals surface area contributed by atoms with E-state index in [1.165, 1.54) is 18.2 Å². The topological polar surface area (TPSA) is 122 Å². The minimum absolute atomic E-state index is 0.0968. The Kier molecular flexibility index (Phi) is 7.73. The molecule has 2 aliphatic rings. The second kappa shape index (κ2) is 10.9. The first-order chi connectivity index (χ1) is 17.3. The Morgan fingerprint density at radius 2 is 1.92 bits per heavy atom. The number of nitrogens with zero attached hydrogens (tertiary/aromatic N) is 1. The van der Waals surface area contributed by atoms with Gasteiger partial charge in [-0.25, -0.2) is 9.59 Å². The van der Waals surface area contributed by atoms with E-state index in [1.807, 2.05) is 6.92 Å². The Balaban J connectivity index is 1.61. The Morgan fingerprint density at radius 3 is 2.61 bits per heavy atom. The van der Waals surface area contributed by atoms with Crippen molar-refractivity contribution in [1.29, 1.82) is 0 Å². The van der Waals surface area contributed by atoms with Crippen molar-refractivity contribution in [2.24, 2.45) is 0 Å². The van der Waals surface area contributed by atoms with Gasteiger partial charge in [0.15, 0.2) is 11.5 Å². The number of ether oxygens (including phenoxy) is 2. The summed E-state index contributed by atoms with van der Waals surface area (Å²) >= 11 is 3.47. The van der Waals surface area contributed by atoms with E-state index >= 15 is 0 Å². The van der Waals surface area contributed by atoms with Gasteiger partial charge in [0.2, 0.25) is 0 Å². The van der Waals surface area contributed by atoms with Crippen LogP contribution in [0.25, 0.3) is 6.08 Å². The fourth-order valence-corrected chi connectivity index (χ4v) is 4.93. The summed E-state index contributed by atoms with van der Waals surface area (Å²) < 4.78 is 12.2. The number of urea groups is 1. The van der Waals surface area contributed by atoms with Crippen LogP contribution >= 0.6 is 15.9 Å². The summed E-state index contributed by atoms with van der Waals surface area (Å²) in [7, 11) is 0. The highest BCUT2D eigenvalue weighted by Crippen LogP contribution is 2.38. The zero-order valence-corrected chi connectivity index (χ0v) is 21.2. The average molecular weight is 557 g/mol. The molecule has 0 unspecified atom stereocenters. The largest absolute Gasteiger partial charge is 0.490 e. The number of hydrogen-bond donors (Lipinski definition) is 2. The highest BCUT2D eigenvalue weighted by Gasteiger charge is 2.40. The van der Waals surface area contributed by atoms with Gasteiger partial charge in [0.05, 0.1) is 16.6 Å². The molecule has 2 fully saturated rings. The lowest BCUT2D eigenvalue weighted by Crippen LogP contribution is -2.57. The van der Waals surface area contributed by atoms with Crippen molar-refractivity contribution >= 4 is 45.8 Å². The molecule has 188 valence electrons. The van der Waals surface area contributed by atoms with Gasteiger partial charge in [-0.05, 0) is 77.2 Å². The SMILES string of the molecule is CCOc1cc(/C=C2\C(=O)NC(=O)N(C3CCCC3)C2=O)cc(Br)c1OCc1cccc(C(=O)O)c1. The van der Waals surface area contributed by atoms with Crippen LogP contribution in [-0.2, 0) is 16.2 Å². The fourth-order valence-electron chi connectivity index (χ4n) is 4.36. The number of barbiturate groups is 1. The first-order valence-electron chi connectivity index (χ1n) is 11.6. The van der Waals surface area contributed by atoms with Crippen LogP contribution in [0.15, 0.2) is 46.4 Å². The minimum Gasteiger partial charge on any atom is -0.490 e. The lowest BCUT2D eigenvalue weighted by atomic mass is 10.0. The van der Waals surface area contributed by atoms with Crippen molar-refractivity contribution in [2.75, 3.05) is 6.61 Å². The number of hydrogen-bond acceptors (Lipinski definition) is 6. The molecule has 1 saturated carbocycles. The third-order valence-electron chi connectivity index (χ3n) is 6.02. The van der Waals surface area contributed by atoms with E-state index in [4.69, 9.17) is 9.47 Å². The number of halogens is 1. The van der Waals surface area contributed by atoms with Crippen LogP contribution in [0.1, 0.15) is 54.1 Å². The van der Waals surface area contributed by atoms with Crippen molar-refractivity contribution in [3.8, 4) is 11.5 Å². The summed E-state index contributed by atoms with van der Waals surface area (Å²) in [5.74, 6) is -1.61. The molecule has 0 radical (unpaired) electrons. The van der Waals surface area contributed by atoms with Gasteiger partial charge in [-0.2, -0.15) is 0 Å². The van der Waals surface area contributed by atoms with Gasteiger partial charge in [-0.15, -0.1) is 0 Å². The van der Waals surface area contributed by atoms with E-state index < -0.39 is 23.8 Å². The molecule has 1 aliphatic carbocycles. The first-order valence-corrected chi connectivity index (χ1v) is 12.4. The second-order valence-electron chi connectivity index (χ2n) is 8.49. The molecule has 10 heteroatoms. The lowest BCUT2D eigenvalue weighted by molar-refractivity contribution is -0.131. The normalized spacial score (nSPS) is 17.4. The Morgan fingerprint density at radius 1 is 1.17 bits per heavy atom. The number of imide groups is 2. The van der Waals surface area contributed by atoms with Gasteiger partial charge < -0.3 is 14.6 Å². The van der Waals surface area contributed by atoms with Gasteiger partial charge in [-0.1, -0.05) is 25.0 Å². The number of carbonyl (C=O) groups is 4. The summed E-state index contributed by atoms with van der Waals surface area (Å²) in [5, 5.41) is 11.5. The number of nitrogens with one attached hydrogen (secondary N) is 1. The molecule has 2 N–H and O–H groups in total. The maximum absolute atomic E-state index is 13.1. The van der Waals surface area contributed by atoms with E-state index in [9.17, 15) is 24.3 Å². The number of carboxylic acids is 1. The molecule has 4 rings (SSSR count). The summed E-state index contributed by atoms with van der Waals surface area (Å²) in [4.78, 5) is 50.4. The van der Waals surface area contributed by atoms with E-state index in [0.29, 0.717) is 33.7 Å². The van der Waals surface area contributed by atoms with Gasteiger partial charge in [0.25, 0.3) is 11.8 Å². The van der Waals surface area contributed by atoms with Crippen LogP contribution in [0.3, 0.4) is 0 Å². The highest BCUT2D eigenvalue weighted by atomic mass is 79.9. The zero-order valence-electron chi connectivity index (χ0n) is 19.6. The minimum atomic E-state index is -1.03. The number of amides is 4. The molecule has 0 atom stereocenters. The van der Waals surface area contributed by atoms with Gasteiger partial charge in [-0.3, -0.25) is 19.8 Å². The molecule has 0 spiro atoms. The van der Waals surface area contributed by atoms with Crippen molar-refractivity contribution < 1.29 is 33.8 Å². The van der Waals surface area contributed by atoms with Crippen molar-refractivity contribution in [3.05, 3.63) is 63.1 Å². The standard InChI is InChI=1S/C26H25BrN2O7/c1-2-35-21-13-16(11-19-23(30)28-26(34)29(24(19)31)18-8-3-4-9-18)12-20(27)22(21)36-14-15-6-5-7-17(10-15)25(32)33/h5-7,10-13,18H,2-4,8-9,14H2,1H3,(H,32,33)(H,28,30,34)/b19-11+. The summed E-state index contributed by atoms with van der Waals surface area (Å²) in [6.45, 7) is 2.24. The molecule has 1 aliphatic heterocycles. The van der Waals surface area contributed by atoms with E-state index in [1.54, 1.807) is 24.3 Å². The van der Waals surface area contributed by atoms with Crippen LogP contribution in [0, 0.1) is 0 Å². The number of benzene rings is 2. The quantitative estimate of drug-likeness (QED) is 0.361. The predicted octanol–water partition coefficient (Wildman–Crippen LogP) is 4.53.